The van der Waals surface area contributed by atoms with Crippen molar-refractivity contribution in [3.63, 3.8) is 0 Å². The van der Waals surface area contributed by atoms with E-state index < -0.39 is 6.09 Å². The van der Waals surface area contributed by atoms with Gasteiger partial charge in [0.25, 0.3) is 0 Å². The van der Waals surface area contributed by atoms with Crippen molar-refractivity contribution in [3.05, 3.63) is 28.2 Å². The van der Waals surface area contributed by atoms with Gasteiger partial charge in [0, 0.05) is 5.02 Å². The maximum Gasteiger partial charge on any atom is 0.411 e. The molecule has 1 amide bonds. The molecular weight excluding hydrogens is 260 g/mol. The van der Waals surface area contributed by atoms with Gasteiger partial charge in [-0.3, -0.25) is 5.32 Å². The normalized spacial score (nSPS) is 9.80. The fraction of sp³-hybridized carbons (Fsp3) is 0.222. The number of anilines is 1. The first-order valence-electron chi connectivity index (χ1n) is 4.08. The molecule has 0 atom stereocenters. The average Bonchev–Trinajstić information content (AvgIpc) is 2.20. The third-order valence-corrected chi connectivity index (χ3v) is 2.19. The average molecular weight is 269 g/mol. The summed E-state index contributed by atoms with van der Waals surface area (Å²) in [6.07, 6.45) is -0.611. The standard InChI is InChI=1S/C9H8Cl3NO2/c10-3-4-15-9(14)13-8-5-6(11)1-2-7(8)12/h1-2,5H,3-4H2,(H,13,14). The number of carbonyl (C=O) groups is 1. The number of carbonyl (C=O) groups excluding carboxylic acids is 1. The number of rotatable bonds is 3. The van der Waals surface area contributed by atoms with Crippen LogP contribution in [0, 0.1) is 0 Å². The smallest absolute Gasteiger partial charge is 0.411 e. The third-order valence-electron chi connectivity index (χ3n) is 1.48. The Morgan fingerprint density at radius 3 is 2.80 bits per heavy atom. The van der Waals surface area contributed by atoms with Crippen molar-refractivity contribution in [1.82, 2.24) is 0 Å². The van der Waals surface area contributed by atoms with Gasteiger partial charge in [0.1, 0.15) is 6.61 Å². The van der Waals surface area contributed by atoms with Gasteiger partial charge in [-0.1, -0.05) is 23.2 Å². The van der Waals surface area contributed by atoms with Crippen LogP contribution in [0.1, 0.15) is 0 Å². The summed E-state index contributed by atoms with van der Waals surface area (Å²) in [6.45, 7) is 0.144. The lowest BCUT2D eigenvalue weighted by Crippen LogP contribution is -2.15. The van der Waals surface area contributed by atoms with Crippen LogP contribution >= 0.6 is 34.8 Å². The number of halogens is 3. The Morgan fingerprint density at radius 1 is 1.40 bits per heavy atom. The first-order valence-corrected chi connectivity index (χ1v) is 5.37. The zero-order chi connectivity index (χ0) is 11.3. The molecule has 0 saturated carbocycles. The van der Waals surface area contributed by atoms with Crippen LogP contribution in [0.4, 0.5) is 10.5 Å². The largest absolute Gasteiger partial charge is 0.448 e. The molecule has 1 aromatic carbocycles. The van der Waals surface area contributed by atoms with E-state index in [1.54, 1.807) is 12.1 Å². The van der Waals surface area contributed by atoms with Gasteiger partial charge in [0.15, 0.2) is 0 Å². The van der Waals surface area contributed by atoms with Gasteiger partial charge in [-0.25, -0.2) is 4.79 Å². The Morgan fingerprint density at radius 2 is 2.13 bits per heavy atom. The zero-order valence-corrected chi connectivity index (χ0v) is 9.86. The Bertz CT molecular complexity index is 357. The predicted molar refractivity (Wildman–Crippen MR) is 62.2 cm³/mol. The number of benzene rings is 1. The van der Waals surface area contributed by atoms with Crippen LogP contribution < -0.4 is 5.32 Å². The molecule has 3 nitrogen and oxygen atoms in total. The fourth-order valence-electron chi connectivity index (χ4n) is 0.871. The molecule has 1 aromatic rings. The highest BCUT2D eigenvalue weighted by atomic mass is 35.5. The SMILES string of the molecule is O=C(Nc1cc(Cl)ccc1Cl)OCCCl. The van der Waals surface area contributed by atoms with E-state index in [0.717, 1.165) is 0 Å². The third kappa shape index (κ3) is 4.16. The monoisotopic (exact) mass is 267 g/mol. The molecule has 15 heavy (non-hydrogen) atoms. The molecule has 0 aliphatic heterocycles. The molecule has 6 heteroatoms. The van der Waals surface area contributed by atoms with E-state index in [0.29, 0.717) is 15.7 Å². The van der Waals surface area contributed by atoms with Crippen LogP contribution in [0.5, 0.6) is 0 Å². The Hall–Kier alpha value is -0.640. The molecule has 0 unspecified atom stereocenters. The highest BCUT2D eigenvalue weighted by Gasteiger charge is 2.06. The minimum Gasteiger partial charge on any atom is -0.448 e. The van der Waals surface area contributed by atoms with E-state index in [1.807, 2.05) is 0 Å². The van der Waals surface area contributed by atoms with Gasteiger partial charge in [0.05, 0.1) is 16.6 Å². The second kappa shape index (κ2) is 6.05. The minimum absolute atomic E-state index is 0.144. The van der Waals surface area contributed by atoms with Crippen LogP contribution in [-0.2, 0) is 4.74 Å². The van der Waals surface area contributed by atoms with E-state index in [4.69, 9.17) is 39.5 Å². The van der Waals surface area contributed by atoms with Crippen molar-refractivity contribution in [3.8, 4) is 0 Å². The summed E-state index contributed by atoms with van der Waals surface area (Å²) in [6, 6.07) is 4.74. The maximum absolute atomic E-state index is 11.1. The number of nitrogens with one attached hydrogen (secondary N) is 1. The highest BCUT2D eigenvalue weighted by Crippen LogP contribution is 2.25. The van der Waals surface area contributed by atoms with E-state index in [9.17, 15) is 4.79 Å². The Balaban J connectivity index is 2.63. The summed E-state index contributed by atoms with van der Waals surface area (Å²) in [7, 11) is 0. The van der Waals surface area contributed by atoms with E-state index in [1.165, 1.54) is 6.07 Å². The van der Waals surface area contributed by atoms with Crippen LogP contribution in [0.3, 0.4) is 0 Å². The van der Waals surface area contributed by atoms with Crippen molar-refractivity contribution in [2.45, 2.75) is 0 Å². The van der Waals surface area contributed by atoms with E-state index in [2.05, 4.69) is 5.32 Å². The quantitative estimate of drug-likeness (QED) is 0.847. The van der Waals surface area contributed by atoms with Gasteiger partial charge in [-0.15, -0.1) is 11.6 Å². The summed E-state index contributed by atoms with van der Waals surface area (Å²) < 4.78 is 4.71. The van der Waals surface area contributed by atoms with Crippen LogP contribution in [0.2, 0.25) is 10.0 Å². The molecular formula is C9H8Cl3NO2. The fourth-order valence-corrected chi connectivity index (χ4v) is 1.28. The zero-order valence-electron chi connectivity index (χ0n) is 7.60. The number of alkyl halides is 1. The first-order chi connectivity index (χ1) is 7.13. The summed E-state index contributed by atoms with van der Waals surface area (Å²) >= 11 is 16.9. The highest BCUT2D eigenvalue weighted by molar-refractivity contribution is 6.35. The minimum atomic E-state index is -0.611. The number of ether oxygens (including phenoxy) is 1. The molecule has 0 aromatic heterocycles. The van der Waals surface area contributed by atoms with Gasteiger partial charge < -0.3 is 4.74 Å². The van der Waals surface area contributed by atoms with E-state index >= 15 is 0 Å². The topological polar surface area (TPSA) is 38.3 Å². The molecule has 82 valence electrons. The van der Waals surface area contributed by atoms with Gasteiger partial charge in [-0.05, 0) is 18.2 Å². The van der Waals surface area contributed by atoms with Gasteiger partial charge in [0.2, 0.25) is 0 Å². The van der Waals surface area contributed by atoms with Crippen LogP contribution in [0.25, 0.3) is 0 Å². The van der Waals surface area contributed by atoms with Crippen molar-refractivity contribution < 1.29 is 9.53 Å². The van der Waals surface area contributed by atoms with Crippen molar-refractivity contribution in [2.75, 3.05) is 17.8 Å². The second-order valence-corrected chi connectivity index (χ2v) is 3.80. The molecule has 0 spiro atoms. The Kier molecular flexibility index (Phi) is 5.02. The summed E-state index contributed by atoms with van der Waals surface area (Å²) in [5.74, 6) is 0.247. The molecule has 0 aliphatic rings. The maximum atomic E-state index is 11.1. The molecule has 1 rings (SSSR count). The lowest BCUT2D eigenvalue weighted by molar-refractivity contribution is 0.168. The molecule has 1 N–H and O–H groups in total. The van der Waals surface area contributed by atoms with Crippen molar-refractivity contribution in [1.29, 1.82) is 0 Å². The second-order valence-electron chi connectivity index (χ2n) is 2.57. The summed E-state index contributed by atoms with van der Waals surface area (Å²) in [5, 5.41) is 3.32. The molecule has 0 fully saturated rings. The lowest BCUT2D eigenvalue weighted by Gasteiger charge is -2.07. The molecule has 0 heterocycles. The molecule has 0 radical (unpaired) electrons. The van der Waals surface area contributed by atoms with Crippen LogP contribution in [0.15, 0.2) is 18.2 Å². The van der Waals surface area contributed by atoms with Crippen molar-refractivity contribution >= 4 is 46.6 Å². The number of hydrogen-bond donors (Lipinski definition) is 1. The first kappa shape index (κ1) is 12.4. The molecule has 0 bridgehead atoms. The predicted octanol–water partition coefficient (Wildman–Crippen LogP) is 3.78. The van der Waals surface area contributed by atoms with Crippen molar-refractivity contribution in [2.24, 2.45) is 0 Å². The Labute approximate surface area is 102 Å². The molecule has 0 aliphatic carbocycles. The number of amides is 1. The lowest BCUT2D eigenvalue weighted by atomic mass is 10.3. The summed E-state index contributed by atoms with van der Waals surface area (Å²) in [4.78, 5) is 11.1. The van der Waals surface area contributed by atoms with E-state index in [-0.39, 0.29) is 12.5 Å². The van der Waals surface area contributed by atoms with Gasteiger partial charge >= 0.3 is 6.09 Å². The molecule has 0 saturated heterocycles. The van der Waals surface area contributed by atoms with Crippen LogP contribution in [-0.4, -0.2) is 18.6 Å². The number of hydrogen-bond acceptors (Lipinski definition) is 2. The van der Waals surface area contributed by atoms with Gasteiger partial charge in [-0.2, -0.15) is 0 Å². The summed E-state index contributed by atoms with van der Waals surface area (Å²) in [5.41, 5.74) is 0.406.